The van der Waals surface area contributed by atoms with Gasteiger partial charge < -0.3 is 14.8 Å². The molecule has 0 spiro atoms. The topological polar surface area (TPSA) is 60.5 Å². The van der Waals surface area contributed by atoms with Gasteiger partial charge in [0.1, 0.15) is 5.69 Å². The van der Waals surface area contributed by atoms with Gasteiger partial charge in [-0.1, -0.05) is 12.1 Å². The molecule has 6 heteroatoms. The average Bonchev–Trinajstić information content (AvgIpc) is 2.90. The van der Waals surface area contributed by atoms with E-state index in [1.807, 2.05) is 32.0 Å². The minimum Gasteiger partial charge on any atom is -0.493 e. The van der Waals surface area contributed by atoms with Crippen molar-refractivity contribution < 1.29 is 14.3 Å². The summed E-state index contributed by atoms with van der Waals surface area (Å²) in [5.74, 6) is 1.73. The van der Waals surface area contributed by atoms with E-state index in [0.717, 1.165) is 33.4 Å². The number of methoxy groups -OCH3 is 1. The van der Waals surface area contributed by atoms with Gasteiger partial charge in [0, 0.05) is 17.3 Å². The lowest BCUT2D eigenvalue weighted by Crippen LogP contribution is -2.35. The Hall–Kier alpha value is -2.08. The highest BCUT2D eigenvalue weighted by atomic mass is 32.1. The van der Waals surface area contributed by atoms with Crippen molar-refractivity contribution >= 4 is 17.2 Å². The monoisotopic (exact) mass is 332 g/mol. The molecule has 1 amide bonds. The van der Waals surface area contributed by atoms with Crippen molar-refractivity contribution in [3.05, 3.63) is 39.3 Å². The lowest BCUT2D eigenvalue weighted by atomic mass is 9.96. The van der Waals surface area contributed by atoms with Crippen LogP contribution in [0.25, 0.3) is 0 Å². The third-order valence-corrected chi connectivity index (χ3v) is 4.81. The Labute approximate surface area is 139 Å². The third kappa shape index (κ3) is 3.32. The van der Waals surface area contributed by atoms with Gasteiger partial charge in [0.15, 0.2) is 11.5 Å². The molecule has 0 bridgehead atoms. The van der Waals surface area contributed by atoms with Crippen molar-refractivity contribution in [1.82, 2.24) is 10.3 Å². The molecule has 0 radical (unpaired) electrons. The molecule has 1 aliphatic rings. The van der Waals surface area contributed by atoms with E-state index in [0.29, 0.717) is 18.8 Å². The fraction of sp³-hybridized carbons (Fsp3) is 0.412. The molecular weight excluding hydrogens is 312 g/mol. The second-order valence-corrected chi connectivity index (χ2v) is 7.08. The zero-order chi connectivity index (χ0) is 16.4. The van der Waals surface area contributed by atoms with Gasteiger partial charge in [-0.3, -0.25) is 4.79 Å². The molecule has 1 aromatic carbocycles. The molecule has 0 aliphatic carbocycles. The summed E-state index contributed by atoms with van der Waals surface area (Å²) < 4.78 is 11.2. The zero-order valence-corrected chi connectivity index (χ0v) is 14.3. The standard InChI is InChI=1S/C17H20N2O3S/c1-10-15(19-11(2)23-10)17(20)18-8-12-7-13-5-4-6-14(21-3)16(13)22-9-12/h4-6,12H,7-9H2,1-3H3,(H,18,20)/t12-/m0/s1. The molecule has 1 atom stereocenters. The van der Waals surface area contributed by atoms with Crippen molar-refractivity contribution in [2.75, 3.05) is 20.3 Å². The number of hydrogen-bond donors (Lipinski definition) is 1. The second kappa shape index (κ2) is 6.58. The Bertz CT molecular complexity index is 727. The number of thiazole rings is 1. The molecule has 23 heavy (non-hydrogen) atoms. The van der Waals surface area contributed by atoms with E-state index >= 15 is 0 Å². The number of nitrogens with zero attached hydrogens (tertiary/aromatic N) is 1. The second-order valence-electron chi connectivity index (χ2n) is 5.68. The van der Waals surface area contributed by atoms with Crippen LogP contribution in [0.3, 0.4) is 0 Å². The number of hydrogen-bond acceptors (Lipinski definition) is 5. The lowest BCUT2D eigenvalue weighted by Gasteiger charge is -2.26. The SMILES string of the molecule is COc1cccc2c1OC[C@H](CNC(=O)c1nc(C)sc1C)C2. The van der Waals surface area contributed by atoms with Gasteiger partial charge in [0.25, 0.3) is 5.91 Å². The number of aromatic nitrogens is 1. The number of ether oxygens (including phenoxy) is 2. The molecule has 0 fully saturated rings. The molecule has 5 nitrogen and oxygen atoms in total. The number of nitrogens with one attached hydrogen (secondary N) is 1. The molecule has 0 unspecified atom stereocenters. The van der Waals surface area contributed by atoms with Crippen LogP contribution in [0.5, 0.6) is 11.5 Å². The highest BCUT2D eigenvalue weighted by Gasteiger charge is 2.23. The van der Waals surface area contributed by atoms with E-state index in [1.54, 1.807) is 18.4 Å². The van der Waals surface area contributed by atoms with Gasteiger partial charge in [-0.2, -0.15) is 0 Å². The number of para-hydroxylation sites is 1. The van der Waals surface area contributed by atoms with Crippen molar-refractivity contribution in [3.63, 3.8) is 0 Å². The average molecular weight is 332 g/mol. The smallest absolute Gasteiger partial charge is 0.271 e. The normalized spacial score (nSPS) is 16.4. The van der Waals surface area contributed by atoms with Gasteiger partial charge in [0.05, 0.1) is 18.7 Å². The number of carbonyl (C=O) groups excluding carboxylic acids is 1. The number of carbonyl (C=O) groups is 1. The predicted molar refractivity (Wildman–Crippen MR) is 89.6 cm³/mol. The van der Waals surface area contributed by atoms with E-state index < -0.39 is 0 Å². The predicted octanol–water partition coefficient (Wildman–Crippen LogP) is 2.75. The lowest BCUT2D eigenvalue weighted by molar-refractivity contribution is 0.0933. The maximum atomic E-state index is 12.2. The summed E-state index contributed by atoms with van der Waals surface area (Å²) in [6, 6.07) is 5.90. The van der Waals surface area contributed by atoms with Crippen LogP contribution in [0.15, 0.2) is 18.2 Å². The Morgan fingerprint density at radius 1 is 1.48 bits per heavy atom. The summed E-state index contributed by atoms with van der Waals surface area (Å²) in [5, 5.41) is 3.89. The quantitative estimate of drug-likeness (QED) is 0.935. The Morgan fingerprint density at radius 2 is 2.30 bits per heavy atom. The van der Waals surface area contributed by atoms with Gasteiger partial charge in [-0.05, 0) is 31.9 Å². The first-order valence-corrected chi connectivity index (χ1v) is 8.41. The first-order valence-electron chi connectivity index (χ1n) is 7.59. The van der Waals surface area contributed by atoms with E-state index in [-0.39, 0.29) is 11.8 Å². The molecule has 2 heterocycles. The number of rotatable bonds is 4. The minimum absolute atomic E-state index is 0.108. The van der Waals surface area contributed by atoms with Crippen LogP contribution in [-0.2, 0) is 6.42 Å². The van der Waals surface area contributed by atoms with Crippen LogP contribution in [0.2, 0.25) is 0 Å². The highest BCUT2D eigenvalue weighted by molar-refractivity contribution is 7.11. The number of benzene rings is 1. The third-order valence-electron chi connectivity index (χ3n) is 3.92. The summed E-state index contributed by atoms with van der Waals surface area (Å²) in [5.41, 5.74) is 1.65. The number of amides is 1. The van der Waals surface area contributed by atoms with Crippen molar-refractivity contribution in [2.45, 2.75) is 20.3 Å². The Balaban J connectivity index is 1.62. The van der Waals surface area contributed by atoms with Crippen LogP contribution in [-0.4, -0.2) is 31.2 Å². The van der Waals surface area contributed by atoms with E-state index in [9.17, 15) is 4.79 Å². The maximum Gasteiger partial charge on any atom is 0.271 e. The molecular formula is C17H20N2O3S. The Morgan fingerprint density at radius 3 is 3.00 bits per heavy atom. The van der Waals surface area contributed by atoms with Gasteiger partial charge in [-0.15, -0.1) is 11.3 Å². The van der Waals surface area contributed by atoms with Crippen molar-refractivity contribution in [3.8, 4) is 11.5 Å². The van der Waals surface area contributed by atoms with Gasteiger partial charge >= 0.3 is 0 Å². The summed E-state index contributed by atoms with van der Waals surface area (Å²) >= 11 is 1.54. The van der Waals surface area contributed by atoms with Crippen molar-refractivity contribution in [1.29, 1.82) is 0 Å². The molecule has 122 valence electrons. The molecule has 1 aliphatic heterocycles. The fourth-order valence-corrected chi connectivity index (χ4v) is 3.62. The molecule has 3 rings (SSSR count). The highest BCUT2D eigenvalue weighted by Crippen LogP contribution is 2.35. The molecule has 1 aromatic heterocycles. The van der Waals surface area contributed by atoms with E-state index in [2.05, 4.69) is 10.3 Å². The maximum absolute atomic E-state index is 12.2. The van der Waals surface area contributed by atoms with Crippen LogP contribution in [0.4, 0.5) is 0 Å². The van der Waals surface area contributed by atoms with Crippen LogP contribution < -0.4 is 14.8 Å². The van der Waals surface area contributed by atoms with Crippen molar-refractivity contribution in [2.24, 2.45) is 5.92 Å². The minimum atomic E-state index is -0.108. The largest absolute Gasteiger partial charge is 0.493 e. The number of aryl methyl sites for hydroxylation is 2. The molecule has 2 aromatic rings. The Kier molecular flexibility index (Phi) is 4.52. The summed E-state index contributed by atoms with van der Waals surface area (Å²) in [4.78, 5) is 17.5. The first kappa shape index (κ1) is 15.8. The molecule has 1 N–H and O–H groups in total. The van der Waals surface area contributed by atoms with Crippen LogP contribution in [0, 0.1) is 19.8 Å². The summed E-state index contributed by atoms with van der Waals surface area (Å²) in [7, 11) is 1.64. The number of fused-ring (bicyclic) bond motifs is 1. The summed E-state index contributed by atoms with van der Waals surface area (Å²) in [6.45, 7) is 4.98. The van der Waals surface area contributed by atoms with Crippen LogP contribution in [0.1, 0.15) is 25.9 Å². The molecule has 0 saturated carbocycles. The van der Waals surface area contributed by atoms with E-state index in [1.165, 1.54) is 0 Å². The zero-order valence-electron chi connectivity index (χ0n) is 13.5. The van der Waals surface area contributed by atoms with Gasteiger partial charge in [0.2, 0.25) is 0 Å². The summed E-state index contributed by atoms with van der Waals surface area (Å²) in [6.07, 6.45) is 0.863. The van der Waals surface area contributed by atoms with Gasteiger partial charge in [-0.25, -0.2) is 4.98 Å². The fourth-order valence-electron chi connectivity index (χ4n) is 2.81. The van der Waals surface area contributed by atoms with Crippen LogP contribution >= 0.6 is 11.3 Å². The first-order chi connectivity index (χ1) is 11.1. The van der Waals surface area contributed by atoms with E-state index in [4.69, 9.17) is 9.47 Å². The molecule has 0 saturated heterocycles.